The lowest BCUT2D eigenvalue weighted by molar-refractivity contribution is 0.542. The molecule has 17 heavy (non-hydrogen) atoms. The van der Waals surface area contributed by atoms with Crippen LogP contribution in [-0.4, -0.2) is 15.5 Å². The van der Waals surface area contributed by atoms with Crippen molar-refractivity contribution in [2.45, 2.75) is 32.7 Å². The predicted octanol–water partition coefficient (Wildman–Crippen LogP) is 3.99. The molecule has 0 saturated heterocycles. The van der Waals surface area contributed by atoms with Gasteiger partial charge in [0.2, 0.25) is 5.95 Å². The van der Waals surface area contributed by atoms with Crippen molar-refractivity contribution in [2.75, 3.05) is 5.32 Å². The van der Waals surface area contributed by atoms with Crippen LogP contribution in [0.15, 0.2) is 28.9 Å². The molecule has 0 unspecified atom stereocenters. The maximum atomic E-state index is 4.54. The fourth-order valence-electron chi connectivity index (χ4n) is 1.47. The van der Waals surface area contributed by atoms with E-state index in [4.69, 9.17) is 0 Å². The highest BCUT2D eigenvalue weighted by Crippen LogP contribution is 2.23. The number of rotatable bonds is 3. The highest BCUT2D eigenvalue weighted by Gasteiger charge is 2.16. The Kier molecular flexibility index (Phi) is 3.33. The Balaban J connectivity index is 2.41. The molecule has 0 bridgehead atoms. The Morgan fingerprint density at radius 3 is 2.82 bits per heavy atom. The second-order valence-electron chi connectivity index (χ2n) is 4.73. The van der Waals surface area contributed by atoms with Crippen LogP contribution in [0.2, 0.25) is 0 Å². The van der Waals surface area contributed by atoms with E-state index in [-0.39, 0.29) is 5.54 Å². The molecule has 0 aliphatic heterocycles. The lowest BCUT2D eigenvalue weighted by atomic mass is 10.0. The lowest BCUT2D eigenvalue weighted by Crippen LogP contribution is -2.30. The maximum Gasteiger partial charge on any atom is 0.223 e. The first kappa shape index (κ1) is 12.3. The molecule has 0 aliphatic carbocycles. The van der Waals surface area contributed by atoms with Gasteiger partial charge in [0.25, 0.3) is 0 Å². The molecule has 3 nitrogen and oxygen atoms in total. The summed E-state index contributed by atoms with van der Waals surface area (Å²) in [6, 6.07) is 5.98. The Hall–Kier alpha value is -1.16. The Morgan fingerprint density at radius 2 is 2.12 bits per heavy atom. The van der Waals surface area contributed by atoms with Crippen LogP contribution in [-0.2, 0) is 0 Å². The third-order valence-electron chi connectivity index (χ3n) is 2.90. The van der Waals surface area contributed by atoms with Gasteiger partial charge in [0.1, 0.15) is 0 Å². The number of aromatic nitrogens is 2. The highest BCUT2D eigenvalue weighted by molar-refractivity contribution is 9.10. The molecule has 2 rings (SSSR count). The van der Waals surface area contributed by atoms with E-state index in [1.54, 1.807) is 0 Å². The lowest BCUT2D eigenvalue weighted by Gasteiger charge is -2.24. The number of fused-ring (bicyclic) bond motifs is 1. The van der Waals surface area contributed by atoms with Gasteiger partial charge in [-0.3, -0.25) is 0 Å². The molecule has 0 radical (unpaired) electrons. The number of hydrogen-bond donors (Lipinski definition) is 1. The van der Waals surface area contributed by atoms with E-state index in [9.17, 15) is 0 Å². The van der Waals surface area contributed by atoms with Crippen molar-refractivity contribution in [3.63, 3.8) is 0 Å². The number of halogens is 1. The number of nitrogens with zero attached hydrogens (tertiary/aromatic N) is 2. The molecule has 90 valence electrons. The fourth-order valence-corrected chi connectivity index (χ4v) is 1.94. The van der Waals surface area contributed by atoms with Gasteiger partial charge in [-0.1, -0.05) is 19.1 Å². The monoisotopic (exact) mass is 293 g/mol. The first-order valence-corrected chi connectivity index (χ1v) is 6.50. The van der Waals surface area contributed by atoms with Crippen molar-refractivity contribution in [3.8, 4) is 0 Å². The van der Waals surface area contributed by atoms with Crippen LogP contribution < -0.4 is 5.32 Å². The molecule has 0 aliphatic rings. The van der Waals surface area contributed by atoms with E-state index in [1.165, 1.54) is 0 Å². The van der Waals surface area contributed by atoms with E-state index >= 15 is 0 Å². The van der Waals surface area contributed by atoms with Crippen LogP contribution in [0.1, 0.15) is 27.2 Å². The van der Waals surface area contributed by atoms with Crippen LogP contribution in [0, 0.1) is 0 Å². The molecule has 0 amide bonds. The number of anilines is 1. The van der Waals surface area contributed by atoms with Crippen molar-refractivity contribution in [2.24, 2.45) is 0 Å². The molecule has 1 N–H and O–H groups in total. The van der Waals surface area contributed by atoms with Crippen LogP contribution in [0.4, 0.5) is 5.95 Å². The largest absolute Gasteiger partial charge is 0.349 e. The second-order valence-corrected chi connectivity index (χ2v) is 5.59. The first-order chi connectivity index (χ1) is 8.02. The number of para-hydroxylation sites is 1. The van der Waals surface area contributed by atoms with Gasteiger partial charge in [0.05, 0.1) is 5.52 Å². The molecular weight excluding hydrogens is 278 g/mol. The van der Waals surface area contributed by atoms with Crippen molar-refractivity contribution in [3.05, 3.63) is 28.9 Å². The molecule has 0 fully saturated rings. The summed E-state index contributed by atoms with van der Waals surface area (Å²) in [5.41, 5.74) is 0.950. The van der Waals surface area contributed by atoms with E-state index in [0.717, 1.165) is 21.8 Å². The summed E-state index contributed by atoms with van der Waals surface area (Å²) in [6.07, 6.45) is 2.87. The predicted molar refractivity (Wildman–Crippen MR) is 75.2 cm³/mol. The van der Waals surface area contributed by atoms with Gasteiger partial charge in [0.15, 0.2) is 0 Å². The van der Waals surface area contributed by atoms with Crippen LogP contribution in [0.3, 0.4) is 0 Å². The average molecular weight is 294 g/mol. The average Bonchev–Trinajstić information content (AvgIpc) is 2.30. The van der Waals surface area contributed by atoms with Crippen LogP contribution >= 0.6 is 15.9 Å². The summed E-state index contributed by atoms with van der Waals surface area (Å²) in [7, 11) is 0. The van der Waals surface area contributed by atoms with Crippen molar-refractivity contribution in [1.82, 2.24) is 9.97 Å². The third-order valence-corrected chi connectivity index (χ3v) is 3.54. The van der Waals surface area contributed by atoms with E-state index in [1.807, 2.05) is 24.4 Å². The van der Waals surface area contributed by atoms with Crippen LogP contribution in [0.25, 0.3) is 10.9 Å². The molecule has 0 atom stereocenters. The van der Waals surface area contributed by atoms with E-state index < -0.39 is 0 Å². The number of nitrogens with one attached hydrogen (secondary N) is 1. The molecule has 4 heteroatoms. The van der Waals surface area contributed by atoms with Crippen LogP contribution in [0.5, 0.6) is 0 Å². The topological polar surface area (TPSA) is 37.8 Å². The zero-order valence-electron chi connectivity index (χ0n) is 10.3. The molecule has 1 heterocycles. The van der Waals surface area contributed by atoms with Gasteiger partial charge < -0.3 is 5.32 Å². The van der Waals surface area contributed by atoms with Gasteiger partial charge >= 0.3 is 0 Å². The van der Waals surface area contributed by atoms with Crippen molar-refractivity contribution >= 4 is 32.8 Å². The Labute approximate surface area is 110 Å². The van der Waals surface area contributed by atoms with Gasteiger partial charge in [-0.2, -0.15) is 0 Å². The minimum atomic E-state index is 0.00886. The quantitative estimate of drug-likeness (QED) is 0.930. The molecular formula is C13H16BrN3. The summed E-state index contributed by atoms with van der Waals surface area (Å²) in [5, 5.41) is 4.39. The van der Waals surface area contributed by atoms with Gasteiger partial charge in [-0.15, -0.1) is 0 Å². The Morgan fingerprint density at radius 1 is 1.35 bits per heavy atom. The maximum absolute atomic E-state index is 4.54. The summed E-state index contributed by atoms with van der Waals surface area (Å²) < 4.78 is 0.995. The Bertz CT molecular complexity index is 537. The third kappa shape index (κ3) is 2.75. The smallest absolute Gasteiger partial charge is 0.223 e. The fraction of sp³-hybridized carbons (Fsp3) is 0.385. The summed E-state index contributed by atoms with van der Waals surface area (Å²) >= 11 is 3.51. The SMILES string of the molecule is CCC(C)(C)Nc1ncc2cccc(Br)c2n1. The zero-order chi connectivity index (χ0) is 12.5. The van der Waals surface area contributed by atoms with Gasteiger partial charge in [-0.05, 0) is 42.3 Å². The standard InChI is InChI=1S/C13H16BrN3/c1-4-13(2,3)17-12-15-8-9-6-5-7-10(14)11(9)16-12/h5-8H,4H2,1-3H3,(H,15,16,17). The number of hydrogen-bond acceptors (Lipinski definition) is 3. The summed E-state index contributed by atoms with van der Waals surface area (Å²) in [4.78, 5) is 8.88. The van der Waals surface area contributed by atoms with E-state index in [2.05, 4.69) is 52.0 Å². The zero-order valence-corrected chi connectivity index (χ0v) is 11.9. The minimum absolute atomic E-state index is 0.00886. The highest BCUT2D eigenvalue weighted by atomic mass is 79.9. The molecule has 0 spiro atoms. The molecule has 1 aromatic heterocycles. The van der Waals surface area contributed by atoms with Gasteiger partial charge in [0, 0.05) is 21.6 Å². The molecule has 2 aromatic rings. The van der Waals surface area contributed by atoms with Crippen molar-refractivity contribution in [1.29, 1.82) is 0 Å². The van der Waals surface area contributed by atoms with Crippen molar-refractivity contribution < 1.29 is 0 Å². The normalized spacial score (nSPS) is 11.8. The second kappa shape index (κ2) is 4.61. The van der Waals surface area contributed by atoms with Gasteiger partial charge in [-0.25, -0.2) is 9.97 Å². The minimum Gasteiger partial charge on any atom is -0.349 e. The van der Waals surface area contributed by atoms with E-state index in [0.29, 0.717) is 5.95 Å². The molecule has 0 saturated carbocycles. The molecule has 1 aromatic carbocycles. The summed E-state index contributed by atoms with van der Waals surface area (Å²) in [6.45, 7) is 6.42. The number of benzene rings is 1. The summed E-state index contributed by atoms with van der Waals surface area (Å²) in [5.74, 6) is 0.677. The first-order valence-electron chi connectivity index (χ1n) is 5.71.